The summed E-state index contributed by atoms with van der Waals surface area (Å²) in [7, 11) is 0. The number of carbonyl (C=O) groups is 1. The number of nitrogens with zero attached hydrogens (tertiary/aromatic N) is 1. The first-order valence-electron chi connectivity index (χ1n) is 9.28. The zero-order chi connectivity index (χ0) is 21.5. The predicted molar refractivity (Wildman–Crippen MR) is 101 cm³/mol. The van der Waals surface area contributed by atoms with Crippen LogP contribution in [0.4, 0.5) is 17.6 Å². The highest BCUT2D eigenvalue weighted by molar-refractivity contribution is 5.96. The van der Waals surface area contributed by atoms with Crippen LogP contribution in [0.2, 0.25) is 0 Å². The number of alkyl halides is 3. The SMILES string of the molecule is NCc1cc2cc(-c3ccc(F)c(C(=O)N4CCOCC4)c3)cc(C(F)(F)F)c2o1. The number of carbonyl (C=O) groups excluding carboxylic acids is 1. The molecule has 1 amide bonds. The zero-order valence-corrected chi connectivity index (χ0v) is 15.8. The van der Waals surface area contributed by atoms with Gasteiger partial charge < -0.3 is 19.8 Å². The lowest BCUT2D eigenvalue weighted by atomic mass is 9.98. The van der Waals surface area contributed by atoms with E-state index in [1.165, 1.54) is 29.2 Å². The Hall–Kier alpha value is -2.91. The molecule has 158 valence electrons. The van der Waals surface area contributed by atoms with Gasteiger partial charge >= 0.3 is 6.18 Å². The lowest BCUT2D eigenvalue weighted by Crippen LogP contribution is -2.41. The average Bonchev–Trinajstić information content (AvgIpc) is 3.16. The zero-order valence-electron chi connectivity index (χ0n) is 15.8. The summed E-state index contributed by atoms with van der Waals surface area (Å²) in [4.78, 5) is 14.2. The van der Waals surface area contributed by atoms with Crippen molar-refractivity contribution in [2.75, 3.05) is 26.3 Å². The summed E-state index contributed by atoms with van der Waals surface area (Å²) in [6.45, 7) is 1.30. The molecule has 9 heteroatoms. The number of fused-ring (bicyclic) bond motifs is 1. The molecule has 0 radical (unpaired) electrons. The van der Waals surface area contributed by atoms with E-state index < -0.39 is 23.5 Å². The molecule has 5 nitrogen and oxygen atoms in total. The lowest BCUT2D eigenvalue weighted by molar-refractivity contribution is -0.136. The molecule has 0 saturated carbocycles. The first kappa shape index (κ1) is 20.4. The molecule has 30 heavy (non-hydrogen) atoms. The Kier molecular flexibility index (Phi) is 5.25. The molecule has 0 unspecified atom stereocenters. The van der Waals surface area contributed by atoms with Gasteiger partial charge in [0.2, 0.25) is 0 Å². The van der Waals surface area contributed by atoms with Gasteiger partial charge in [0.15, 0.2) is 0 Å². The van der Waals surface area contributed by atoms with E-state index in [4.69, 9.17) is 14.9 Å². The van der Waals surface area contributed by atoms with Crippen molar-refractivity contribution >= 4 is 16.9 Å². The maximum atomic E-state index is 14.4. The van der Waals surface area contributed by atoms with E-state index in [2.05, 4.69) is 0 Å². The molecule has 2 N–H and O–H groups in total. The van der Waals surface area contributed by atoms with E-state index in [1.807, 2.05) is 0 Å². The highest BCUT2D eigenvalue weighted by Gasteiger charge is 2.35. The standard InChI is InChI=1S/C21H18F4N2O3/c22-18-2-1-12(9-16(18)20(28)27-3-5-29-6-4-27)13-7-14-8-15(11-26)30-19(14)17(10-13)21(23,24)25/h1-2,7-10H,3-6,11,26H2. The van der Waals surface area contributed by atoms with Crippen molar-refractivity contribution in [3.05, 3.63) is 59.1 Å². The molecule has 0 aliphatic carbocycles. The van der Waals surface area contributed by atoms with E-state index in [0.29, 0.717) is 26.3 Å². The molecular formula is C21H18F4N2O3. The Morgan fingerprint density at radius 3 is 2.47 bits per heavy atom. The fourth-order valence-electron chi connectivity index (χ4n) is 3.49. The number of hydrogen-bond donors (Lipinski definition) is 1. The number of ether oxygens (including phenoxy) is 1. The Morgan fingerprint density at radius 1 is 1.07 bits per heavy atom. The minimum absolute atomic E-state index is 0.0456. The van der Waals surface area contributed by atoms with Gasteiger partial charge in [0.1, 0.15) is 17.2 Å². The third-order valence-electron chi connectivity index (χ3n) is 5.00. The van der Waals surface area contributed by atoms with Crippen molar-refractivity contribution in [1.29, 1.82) is 0 Å². The van der Waals surface area contributed by atoms with Crippen LogP contribution in [0, 0.1) is 5.82 Å². The molecular weight excluding hydrogens is 404 g/mol. The summed E-state index contributed by atoms with van der Waals surface area (Å²) in [5.41, 5.74) is 4.51. The van der Waals surface area contributed by atoms with Gasteiger partial charge in [0, 0.05) is 18.5 Å². The quantitative estimate of drug-likeness (QED) is 0.643. The minimum Gasteiger partial charge on any atom is -0.459 e. The topological polar surface area (TPSA) is 68.7 Å². The molecule has 4 rings (SSSR count). The van der Waals surface area contributed by atoms with E-state index in [1.54, 1.807) is 0 Å². The van der Waals surface area contributed by atoms with Gasteiger partial charge in [-0.05, 0) is 41.5 Å². The van der Waals surface area contributed by atoms with E-state index in [9.17, 15) is 22.4 Å². The van der Waals surface area contributed by atoms with Crippen molar-refractivity contribution in [1.82, 2.24) is 4.90 Å². The van der Waals surface area contributed by atoms with Crippen LogP contribution in [-0.4, -0.2) is 37.1 Å². The molecule has 1 aliphatic rings. The van der Waals surface area contributed by atoms with Gasteiger partial charge in [-0.1, -0.05) is 6.07 Å². The largest absolute Gasteiger partial charge is 0.459 e. The molecule has 1 aromatic heterocycles. The summed E-state index contributed by atoms with van der Waals surface area (Å²) >= 11 is 0. The second kappa shape index (κ2) is 7.73. The number of morpholine rings is 1. The minimum atomic E-state index is -4.66. The van der Waals surface area contributed by atoms with Crippen LogP contribution in [0.3, 0.4) is 0 Å². The summed E-state index contributed by atoms with van der Waals surface area (Å²) < 4.78 is 65.7. The van der Waals surface area contributed by atoms with Crippen LogP contribution in [0.25, 0.3) is 22.1 Å². The Balaban J connectivity index is 1.81. The fourth-order valence-corrected chi connectivity index (χ4v) is 3.49. The first-order valence-corrected chi connectivity index (χ1v) is 9.28. The van der Waals surface area contributed by atoms with Gasteiger partial charge in [-0.2, -0.15) is 13.2 Å². The van der Waals surface area contributed by atoms with Gasteiger partial charge in [-0.15, -0.1) is 0 Å². The van der Waals surface area contributed by atoms with E-state index in [-0.39, 0.29) is 40.0 Å². The second-order valence-corrected chi connectivity index (χ2v) is 6.96. The van der Waals surface area contributed by atoms with Crippen molar-refractivity contribution in [2.45, 2.75) is 12.7 Å². The number of nitrogens with two attached hydrogens (primary N) is 1. The van der Waals surface area contributed by atoms with Crippen molar-refractivity contribution in [3.8, 4) is 11.1 Å². The number of benzene rings is 2. The molecule has 1 aliphatic heterocycles. The van der Waals surface area contributed by atoms with Gasteiger partial charge in [-0.25, -0.2) is 4.39 Å². The Morgan fingerprint density at radius 2 is 1.80 bits per heavy atom. The van der Waals surface area contributed by atoms with Crippen LogP contribution in [0.15, 0.2) is 40.8 Å². The molecule has 0 bridgehead atoms. The third-order valence-corrected chi connectivity index (χ3v) is 5.00. The Bertz CT molecular complexity index is 1100. The van der Waals surface area contributed by atoms with Gasteiger partial charge in [-0.3, -0.25) is 4.79 Å². The molecule has 3 aromatic rings. The maximum Gasteiger partial charge on any atom is 0.420 e. The lowest BCUT2D eigenvalue weighted by Gasteiger charge is -2.27. The third kappa shape index (κ3) is 3.78. The normalized spacial score (nSPS) is 15.0. The van der Waals surface area contributed by atoms with Crippen molar-refractivity contribution in [3.63, 3.8) is 0 Å². The molecule has 2 aromatic carbocycles. The first-order chi connectivity index (χ1) is 14.3. The highest BCUT2D eigenvalue weighted by Crippen LogP contribution is 2.39. The maximum absolute atomic E-state index is 14.4. The number of amides is 1. The average molecular weight is 422 g/mol. The number of hydrogen-bond acceptors (Lipinski definition) is 4. The number of halogens is 4. The predicted octanol–water partition coefficient (Wildman–Crippen LogP) is 4.19. The molecule has 0 atom stereocenters. The molecule has 1 saturated heterocycles. The summed E-state index contributed by atoms with van der Waals surface area (Å²) in [6.07, 6.45) is -4.66. The van der Waals surface area contributed by atoms with Crippen LogP contribution in [0.1, 0.15) is 21.7 Å². The van der Waals surface area contributed by atoms with Crippen LogP contribution < -0.4 is 5.73 Å². The van der Waals surface area contributed by atoms with Gasteiger partial charge in [0.05, 0.1) is 30.9 Å². The summed E-state index contributed by atoms with van der Waals surface area (Å²) in [5.74, 6) is -1.04. The smallest absolute Gasteiger partial charge is 0.420 e. The van der Waals surface area contributed by atoms with E-state index >= 15 is 0 Å². The summed E-state index contributed by atoms with van der Waals surface area (Å²) in [5, 5.41) is 0.227. The molecule has 0 spiro atoms. The van der Waals surface area contributed by atoms with Gasteiger partial charge in [0.25, 0.3) is 5.91 Å². The monoisotopic (exact) mass is 422 g/mol. The number of furan rings is 1. The molecule has 2 heterocycles. The van der Waals surface area contributed by atoms with Crippen LogP contribution >= 0.6 is 0 Å². The van der Waals surface area contributed by atoms with Crippen molar-refractivity contribution < 1.29 is 31.5 Å². The van der Waals surface area contributed by atoms with Crippen LogP contribution in [0.5, 0.6) is 0 Å². The van der Waals surface area contributed by atoms with Crippen LogP contribution in [-0.2, 0) is 17.5 Å². The highest BCUT2D eigenvalue weighted by atomic mass is 19.4. The van der Waals surface area contributed by atoms with Crippen molar-refractivity contribution in [2.24, 2.45) is 5.73 Å². The Labute approximate surface area is 169 Å². The number of rotatable bonds is 3. The second-order valence-electron chi connectivity index (χ2n) is 6.96. The fraction of sp³-hybridized carbons (Fsp3) is 0.286. The molecule has 1 fully saturated rings. The summed E-state index contributed by atoms with van der Waals surface area (Å²) in [6, 6.07) is 7.58. The van der Waals surface area contributed by atoms with E-state index in [0.717, 1.165) is 12.1 Å².